The summed E-state index contributed by atoms with van der Waals surface area (Å²) in [6.07, 6.45) is 5.23. The Hall–Kier alpha value is 1.75. The predicted octanol–water partition coefficient (Wildman–Crippen LogP) is 4.22. The molecule has 1 aromatic heterocycles. The fourth-order valence-electron chi connectivity index (χ4n) is 0.751. The van der Waals surface area contributed by atoms with E-state index in [1.807, 2.05) is 7.05 Å². The van der Waals surface area contributed by atoms with Crippen LogP contribution in [0.25, 0.3) is 0 Å². The molecule has 0 spiro atoms. The molecule has 0 fully saturated rings. The summed E-state index contributed by atoms with van der Waals surface area (Å²) in [6, 6.07) is 0. The van der Waals surface area contributed by atoms with Crippen LogP contribution in [0.15, 0.2) is 18.7 Å². The number of hydrogen-bond acceptors (Lipinski definition) is 1. The van der Waals surface area contributed by atoms with E-state index in [0.29, 0.717) is 0 Å². The third-order valence-electron chi connectivity index (χ3n) is 1.14. The first kappa shape index (κ1) is 23.0. The summed E-state index contributed by atoms with van der Waals surface area (Å²) in [5.41, 5.74) is 0. The Morgan fingerprint density at radius 1 is 1.32 bits per heavy atom. The molecule has 1 aromatic rings. The molecule has 1 heterocycles. The molecule has 19 heavy (non-hydrogen) atoms. The van der Waals surface area contributed by atoms with Gasteiger partial charge in [-0.2, -0.15) is 0 Å². The van der Waals surface area contributed by atoms with Gasteiger partial charge in [-0.25, -0.2) is 13.9 Å². The van der Waals surface area contributed by atoms with Crippen molar-refractivity contribution in [2.75, 3.05) is 0 Å². The van der Waals surface area contributed by atoms with E-state index in [2.05, 4.69) is 0 Å². The molecule has 0 aliphatic carbocycles. The topological polar surface area (TPSA) is 46.1 Å². The van der Waals surface area contributed by atoms with Crippen molar-refractivity contribution in [1.29, 1.82) is 0 Å². The van der Waals surface area contributed by atoms with Crippen molar-refractivity contribution < 1.29 is 34.8 Å². The van der Waals surface area contributed by atoms with Crippen molar-refractivity contribution in [3.8, 4) is 0 Å². The van der Waals surface area contributed by atoms with Gasteiger partial charge in [0.15, 0.2) is 6.54 Å². The Labute approximate surface area is 147 Å². The number of aryl methyl sites for hydroxylation is 1. The first-order chi connectivity index (χ1) is 8.41. The second kappa shape index (κ2) is 12.3. The quantitative estimate of drug-likeness (QED) is 0.488. The summed E-state index contributed by atoms with van der Waals surface area (Å²) in [5, 5.41) is 8.35. The van der Waals surface area contributed by atoms with Gasteiger partial charge in [0.1, 0.15) is 12.4 Å². The molecule has 0 aliphatic heterocycles. The Morgan fingerprint density at radius 2 is 1.68 bits per heavy atom. The van der Waals surface area contributed by atoms with Gasteiger partial charge in [0.05, 0.1) is 7.05 Å². The predicted molar refractivity (Wildman–Crippen MR) is 74.2 cm³/mol. The van der Waals surface area contributed by atoms with Crippen LogP contribution in [0.4, 0.5) is 0 Å². The zero-order valence-corrected chi connectivity index (χ0v) is 16.5. The minimum absolute atomic E-state index is 0.0286. The normalized spacial score (nSPS) is 11.5. The molecule has 0 unspecified atom stereocenters. The van der Waals surface area contributed by atoms with Crippen LogP contribution in [0, 0.1) is 0 Å². The first-order valence-electron chi connectivity index (χ1n) is 3.85. The van der Waals surface area contributed by atoms with E-state index in [1.165, 1.54) is 0 Å². The fraction of sp³-hybridized carbons (Fsp3) is 0.333. The summed E-state index contributed by atoms with van der Waals surface area (Å²) in [7, 11) is 33.7. The van der Waals surface area contributed by atoms with Gasteiger partial charge < -0.3 is 5.11 Å². The zero-order valence-electron chi connectivity index (χ0n) is 9.04. The van der Waals surface area contributed by atoms with Crippen LogP contribution in [0.3, 0.4) is 0 Å². The Kier molecular flexibility index (Phi) is 14.9. The van der Waals surface area contributed by atoms with E-state index in [9.17, 15) is 4.79 Å². The standard InChI is InChI=1S/C6H8N2O2.7ClH.2Fe/c1-7-2-3-8(5-7)4-6(9)10;;;;;;;;;/h2-3,5H,4H2,1H3;7*1H;;/q;;;;;;;;2*+3/p-6. The second-order valence-corrected chi connectivity index (χ2v) is 19.0. The van der Waals surface area contributed by atoms with Crippen LogP contribution in [0.5, 0.6) is 0 Å². The molecule has 13 heteroatoms. The number of rotatable bonds is 2. The molecule has 0 atom stereocenters. The Bertz CT molecular complexity index is 362. The molecular weight excluding hydrogens is 492 g/mol. The van der Waals surface area contributed by atoms with Crippen molar-refractivity contribution in [1.82, 2.24) is 4.57 Å². The van der Waals surface area contributed by atoms with Gasteiger partial charge in [0.25, 0.3) is 0 Å². The molecule has 1 N–H and O–H groups in total. The van der Waals surface area contributed by atoms with Crippen LogP contribution in [-0.4, -0.2) is 15.6 Å². The second-order valence-electron chi connectivity index (χ2n) is 2.60. The first-order valence-corrected chi connectivity index (χ1v) is 14.5. The summed E-state index contributed by atoms with van der Waals surface area (Å²) in [4.78, 5) is 10.1. The number of hydrogen-bond donors (Lipinski definition) is 1. The van der Waals surface area contributed by atoms with Crippen LogP contribution in [-0.2, 0) is 38.8 Å². The van der Waals surface area contributed by atoms with Crippen molar-refractivity contribution in [3.05, 3.63) is 18.7 Å². The summed E-state index contributed by atoms with van der Waals surface area (Å²) in [6.45, 7) is 0.0286. The molecule has 0 amide bonds. The van der Waals surface area contributed by atoms with Crippen LogP contribution >= 0.6 is 70.7 Å². The SMILES string of the molecule is C[n+]1ccn(CC(=O)O)c1.[Cl][Fe-]([Cl])([Cl])[Cl].[Cl][Fe]([Cl])[Cl]. The average Bonchev–Trinajstić information content (AvgIpc) is 2.45. The van der Waals surface area contributed by atoms with E-state index in [0.717, 1.165) is 0 Å². The van der Waals surface area contributed by atoms with Gasteiger partial charge in [0, 0.05) is 0 Å². The van der Waals surface area contributed by atoms with Gasteiger partial charge in [-0.1, -0.05) is 0 Å². The van der Waals surface area contributed by atoms with Gasteiger partial charge in [-0.05, 0) is 0 Å². The number of carbonyl (C=O) groups is 1. The third-order valence-corrected chi connectivity index (χ3v) is 1.14. The number of aromatic nitrogens is 2. The fourth-order valence-corrected chi connectivity index (χ4v) is 0.751. The Balaban J connectivity index is 0. The molecule has 0 bridgehead atoms. The maximum absolute atomic E-state index is 10.1. The minimum atomic E-state index is -2.61. The molecular formula is C6H9Cl7Fe2N2O2. The molecule has 0 radical (unpaired) electrons. The summed E-state index contributed by atoms with van der Waals surface area (Å²) >= 11 is -1.33. The van der Waals surface area contributed by atoms with Crippen molar-refractivity contribution in [2.45, 2.75) is 6.54 Å². The van der Waals surface area contributed by atoms with E-state index in [-0.39, 0.29) is 6.54 Å². The molecule has 1 rings (SSSR count). The number of aliphatic carboxylic acids is 1. The summed E-state index contributed by atoms with van der Waals surface area (Å²) in [5.74, 6) is -0.823. The van der Waals surface area contributed by atoms with E-state index >= 15 is 0 Å². The maximum atomic E-state index is 10.1. The zero-order chi connectivity index (χ0) is 15.6. The van der Waals surface area contributed by atoms with Crippen LogP contribution < -0.4 is 4.57 Å². The summed E-state index contributed by atoms with van der Waals surface area (Å²) < 4.78 is 3.39. The van der Waals surface area contributed by atoms with Gasteiger partial charge in [-0.15, -0.1) is 0 Å². The van der Waals surface area contributed by atoms with Crippen molar-refractivity contribution >= 4 is 76.7 Å². The molecule has 4 nitrogen and oxygen atoms in total. The van der Waals surface area contributed by atoms with Crippen molar-refractivity contribution in [2.24, 2.45) is 7.05 Å². The van der Waals surface area contributed by atoms with Gasteiger partial charge >= 0.3 is 97.0 Å². The number of nitrogens with zero attached hydrogens (tertiary/aromatic N) is 2. The number of imidazole rings is 1. The van der Waals surface area contributed by atoms with Crippen molar-refractivity contribution in [3.63, 3.8) is 0 Å². The van der Waals surface area contributed by atoms with Gasteiger partial charge in [-0.3, -0.25) is 0 Å². The van der Waals surface area contributed by atoms with Crippen LogP contribution in [0.1, 0.15) is 0 Å². The van der Waals surface area contributed by atoms with E-state index < -0.39 is 26.3 Å². The third kappa shape index (κ3) is 28.6. The van der Waals surface area contributed by atoms with E-state index in [1.54, 1.807) is 27.9 Å². The number of carboxylic acids is 1. The number of halogens is 7. The molecule has 120 valence electrons. The van der Waals surface area contributed by atoms with Gasteiger partial charge in [0.2, 0.25) is 6.33 Å². The monoisotopic (exact) mass is 498 g/mol. The molecule has 0 aliphatic rings. The molecule has 0 saturated heterocycles. The van der Waals surface area contributed by atoms with Crippen LogP contribution in [0.2, 0.25) is 0 Å². The average molecular weight is 501 g/mol. The van der Waals surface area contributed by atoms with E-state index in [4.69, 9.17) is 75.8 Å². The Morgan fingerprint density at radius 3 is 1.89 bits per heavy atom. The molecule has 0 aromatic carbocycles. The molecule has 0 saturated carbocycles. The number of carboxylic acid groups (broad SMARTS) is 1.